The third kappa shape index (κ3) is 14.8. The molecule has 0 unspecified atom stereocenters. The standard InChI is InChI=1S/C27H29N3O4.C16H19N3O3.C11H14O3/c1-4-14-33-23-7-5-6-19(15-23)16-30-17-21(10-13-24(30)32)25-28-26(34-29-25)20-8-11-22(12-9-20)27(2,3)18-31;1-2-8-22-14-5-3-4-12(9-14)10-19-11-13(16(17)18-21)6-7-15(19)20;1-11(2,7-12)9-5-3-8(4-6-9)10(13)14/h5-13,15,17,31H,4,14,16,18H2,1-3H3;3-7,9,11,21H,2,8,10H2,1H3,(H2,17,18);3-6,12H,7H2,1-2H3,(H,13,14). The number of aromatic carboxylic acids is 1. The zero-order valence-corrected chi connectivity index (χ0v) is 40.4. The molecular weight excluding hydrogens is 893 g/mol. The number of ether oxygens (including phenoxy) is 2. The van der Waals surface area contributed by atoms with Gasteiger partial charge in [0.05, 0.1) is 45.1 Å². The van der Waals surface area contributed by atoms with Crippen molar-refractivity contribution >= 4 is 11.8 Å². The lowest BCUT2D eigenvalue weighted by Crippen LogP contribution is -2.23. The molecule has 3 heterocycles. The first-order valence-electron chi connectivity index (χ1n) is 22.8. The van der Waals surface area contributed by atoms with Crippen molar-refractivity contribution < 1.29 is 39.3 Å². The second kappa shape index (κ2) is 25.0. The molecule has 7 aromatic rings. The lowest BCUT2D eigenvalue weighted by molar-refractivity contribution is 0.0696. The highest BCUT2D eigenvalue weighted by Gasteiger charge is 2.21. The van der Waals surface area contributed by atoms with E-state index in [0.717, 1.165) is 52.2 Å². The average Bonchev–Trinajstić information content (AvgIpc) is 3.87. The van der Waals surface area contributed by atoms with Crippen LogP contribution in [-0.4, -0.2) is 78.0 Å². The lowest BCUT2D eigenvalue weighted by Gasteiger charge is -2.22. The van der Waals surface area contributed by atoms with Crippen LogP contribution in [0.2, 0.25) is 0 Å². The summed E-state index contributed by atoms with van der Waals surface area (Å²) in [5.74, 6) is 1.40. The van der Waals surface area contributed by atoms with Gasteiger partial charge >= 0.3 is 5.97 Å². The maximum Gasteiger partial charge on any atom is 0.335 e. The smallest absolute Gasteiger partial charge is 0.335 e. The molecule has 0 saturated heterocycles. The molecule has 0 saturated carbocycles. The van der Waals surface area contributed by atoms with E-state index in [1.807, 2.05) is 107 Å². The number of hydrogen-bond acceptors (Lipinski definition) is 12. The summed E-state index contributed by atoms with van der Waals surface area (Å²) in [6.07, 6.45) is 5.18. The Hall–Kier alpha value is -7.82. The number of nitrogens with zero attached hydrogens (tertiary/aromatic N) is 5. The first kappa shape index (κ1) is 53.1. The quantitative estimate of drug-likeness (QED) is 0.0237. The van der Waals surface area contributed by atoms with E-state index in [-0.39, 0.29) is 46.6 Å². The summed E-state index contributed by atoms with van der Waals surface area (Å²) in [5.41, 5.74) is 10.7. The first-order valence-corrected chi connectivity index (χ1v) is 22.8. The summed E-state index contributed by atoms with van der Waals surface area (Å²) in [6, 6.07) is 35.7. The normalized spacial score (nSPS) is 11.5. The maximum atomic E-state index is 12.5. The number of hydrogen-bond donors (Lipinski definition) is 5. The number of carbonyl (C=O) groups is 1. The highest BCUT2D eigenvalue weighted by Crippen LogP contribution is 2.27. The monoisotopic (exact) mass is 954 g/mol. The third-order valence-electron chi connectivity index (χ3n) is 11.1. The highest BCUT2D eigenvalue weighted by molar-refractivity contribution is 5.96. The number of aliphatic hydroxyl groups is 2. The molecule has 0 aliphatic heterocycles. The van der Waals surface area contributed by atoms with Crippen LogP contribution in [0.3, 0.4) is 0 Å². The van der Waals surface area contributed by atoms with Gasteiger partial charge in [0.2, 0.25) is 5.82 Å². The lowest BCUT2D eigenvalue weighted by atomic mass is 9.85. The highest BCUT2D eigenvalue weighted by atomic mass is 16.5. The van der Waals surface area contributed by atoms with Crippen molar-refractivity contribution in [1.29, 1.82) is 0 Å². The van der Waals surface area contributed by atoms with Crippen LogP contribution < -0.4 is 26.3 Å². The van der Waals surface area contributed by atoms with E-state index in [9.17, 15) is 19.5 Å². The SMILES string of the molecule is CC(C)(CO)c1ccc(C(=O)O)cc1.CCCOc1cccc(Cn2cc(-c3noc(-c4ccc(C(C)(C)CO)cc4)n3)ccc2=O)c1.CCCOc1cccc(Cn2cc(/C(N)=N/O)ccc2=O)c1. The fraction of sp³-hybridized carbons (Fsp3) is 0.296. The van der Waals surface area contributed by atoms with Gasteiger partial charge in [-0.3, -0.25) is 9.59 Å². The number of amidine groups is 1. The molecule has 0 amide bonds. The number of carboxylic acid groups (broad SMARTS) is 1. The fourth-order valence-electron chi connectivity index (χ4n) is 6.72. The van der Waals surface area contributed by atoms with Gasteiger partial charge in [-0.15, -0.1) is 0 Å². The van der Waals surface area contributed by atoms with Crippen LogP contribution in [0.25, 0.3) is 22.8 Å². The number of carboxylic acids is 1. The number of benzene rings is 4. The molecule has 368 valence electrons. The topological polar surface area (TPSA) is 238 Å². The molecule has 4 aromatic carbocycles. The minimum absolute atomic E-state index is 0.0335. The van der Waals surface area contributed by atoms with Crippen molar-refractivity contribution in [3.63, 3.8) is 0 Å². The Labute approximate surface area is 406 Å². The van der Waals surface area contributed by atoms with Crippen molar-refractivity contribution in [2.75, 3.05) is 26.4 Å². The Bertz CT molecular complexity index is 2940. The molecule has 16 heteroatoms. The average molecular weight is 955 g/mol. The number of aliphatic hydroxyl groups excluding tert-OH is 2. The van der Waals surface area contributed by atoms with E-state index in [0.29, 0.717) is 49.1 Å². The molecule has 0 radical (unpaired) electrons. The summed E-state index contributed by atoms with van der Waals surface area (Å²) < 4.78 is 19.9. The van der Waals surface area contributed by atoms with Gasteiger partial charge in [0.25, 0.3) is 17.0 Å². The van der Waals surface area contributed by atoms with E-state index in [1.165, 1.54) is 22.8 Å². The van der Waals surface area contributed by atoms with E-state index < -0.39 is 5.97 Å². The Balaban J connectivity index is 0.000000217. The van der Waals surface area contributed by atoms with Gasteiger partial charge in [0, 0.05) is 52.0 Å². The Morgan fingerprint density at radius 1 is 0.671 bits per heavy atom. The number of oxime groups is 1. The third-order valence-corrected chi connectivity index (χ3v) is 11.1. The first-order chi connectivity index (χ1) is 33.5. The summed E-state index contributed by atoms with van der Waals surface area (Å²) >= 11 is 0. The Morgan fingerprint density at radius 2 is 1.14 bits per heavy atom. The predicted molar refractivity (Wildman–Crippen MR) is 269 cm³/mol. The van der Waals surface area contributed by atoms with Crippen LogP contribution >= 0.6 is 0 Å². The van der Waals surface area contributed by atoms with Gasteiger partial charge in [-0.2, -0.15) is 4.98 Å². The van der Waals surface area contributed by atoms with Crippen LogP contribution in [0.5, 0.6) is 11.5 Å². The predicted octanol–water partition coefficient (Wildman–Crippen LogP) is 8.11. The Morgan fingerprint density at radius 3 is 1.63 bits per heavy atom. The van der Waals surface area contributed by atoms with Crippen LogP contribution in [0.4, 0.5) is 0 Å². The molecule has 0 fully saturated rings. The van der Waals surface area contributed by atoms with Crippen molar-refractivity contribution in [3.05, 3.63) is 188 Å². The molecule has 0 bridgehead atoms. The molecule has 0 aliphatic rings. The van der Waals surface area contributed by atoms with Crippen LogP contribution in [-0.2, 0) is 23.9 Å². The summed E-state index contributed by atoms with van der Waals surface area (Å²) in [4.78, 5) is 39.5. The molecule has 70 heavy (non-hydrogen) atoms. The second-order valence-corrected chi connectivity index (χ2v) is 17.7. The van der Waals surface area contributed by atoms with Crippen molar-refractivity contribution in [2.24, 2.45) is 10.9 Å². The van der Waals surface area contributed by atoms with Gasteiger partial charge in [-0.1, -0.05) is 100 Å². The minimum Gasteiger partial charge on any atom is -0.494 e. The Kier molecular flexibility index (Phi) is 19.0. The molecule has 6 N–H and O–H groups in total. The molecule has 16 nitrogen and oxygen atoms in total. The van der Waals surface area contributed by atoms with Gasteiger partial charge < -0.3 is 49.4 Å². The van der Waals surface area contributed by atoms with Crippen LogP contribution in [0.1, 0.15) is 92.6 Å². The number of nitrogens with two attached hydrogens (primary N) is 1. The minimum atomic E-state index is -0.932. The van der Waals surface area contributed by atoms with E-state index >= 15 is 0 Å². The zero-order valence-electron chi connectivity index (χ0n) is 40.4. The fourth-order valence-corrected chi connectivity index (χ4v) is 6.72. The molecule has 3 aromatic heterocycles. The van der Waals surface area contributed by atoms with E-state index in [4.69, 9.17) is 35.2 Å². The zero-order chi connectivity index (χ0) is 50.8. The van der Waals surface area contributed by atoms with Crippen LogP contribution in [0, 0.1) is 0 Å². The number of pyridine rings is 2. The molecular formula is C54H62N6O10. The summed E-state index contributed by atoms with van der Waals surface area (Å²) in [6.45, 7) is 14.1. The van der Waals surface area contributed by atoms with Crippen LogP contribution in [0.15, 0.2) is 153 Å². The van der Waals surface area contributed by atoms with Crippen molar-refractivity contribution in [1.82, 2.24) is 19.3 Å². The van der Waals surface area contributed by atoms with E-state index in [2.05, 4.69) is 22.2 Å². The van der Waals surface area contributed by atoms with Crippen molar-refractivity contribution in [3.8, 4) is 34.3 Å². The van der Waals surface area contributed by atoms with Gasteiger partial charge in [-0.25, -0.2) is 4.79 Å². The molecule has 7 rings (SSSR count). The number of aromatic nitrogens is 4. The van der Waals surface area contributed by atoms with E-state index in [1.54, 1.807) is 47.3 Å². The van der Waals surface area contributed by atoms with Gasteiger partial charge in [0.15, 0.2) is 5.84 Å². The summed E-state index contributed by atoms with van der Waals surface area (Å²) in [7, 11) is 0. The molecule has 0 spiro atoms. The molecule has 0 aliphatic carbocycles. The summed E-state index contributed by atoms with van der Waals surface area (Å²) in [5, 5.41) is 43.1. The second-order valence-electron chi connectivity index (χ2n) is 17.7. The molecule has 0 atom stereocenters. The number of rotatable bonds is 18. The van der Waals surface area contributed by atoms with Gasteiger partial charge in [-0.05, 0) is 95.8 Å². The van der Waals surface area contributed by atoms with Crippen molar-refractivity contribution in [2.45, 2.75) is 78.3 Å². The maximum absolute atomic E-state index is 12.5. The van der Waals surface area contributed by atoms with Gasteiger partial charge in [0.1, 0.15) is 11.5 Å². The largest absolute Gasteiger partial charge is 0.494 e.